The summed E-state index contributed by atoms with van der Waals surface area (Å²) >= 11 is 1.19. The molecule has 7 heteroatoms. The quantitative estimate of drug-likeness (QED) is 0.798. The maximum Gasteiger partial charge on any atom is 0.350 e. The normalized spacial score (nSPS) is 31.5. The van der Waals surface area contributed by atoms with E-state index in [-0.39, 0.29) is 18.5 Å². The number of ether oxygens (including phenoxy) is 2. The van der Waals surface area contributed by atoms with Crippen LogP contribution in [0.3, 0.4) is 0 Å². The van der Waals surface area contributed by atoms with Crippen molar-refractivity contribution >= 4 is 34.9 Å². The van der Waals surface area contributed by atoms with E-state index in [1.54, 1.807) is 11.4 Å². The lowest BCUT2D eigenvalue weighted by Crippen LogP contribution is -2.48. The van der Waals surface area contributed by atoms with Gasteiger partial charge in [-0.3, -0.25) is 9.59 Å². The van der Waals surface area contributed by atoms with Gasteiger partial charge in [0.05, 0.1) is 18.7 Å². The monoisotopic (exact) mass is 377 g/mol. The summed E-state index contributed by atoms with van der Waals surface area (Å²) in [5.41, 5.74) is 0.387. The van der Waals surface area contributed by atoms with Crippen molar-refractivity contribution in [3.8, 4) is 0 Å². The Kier molecular flexibility index (Phi) is 4.73. The van der Waals surface area contributed by atoms with Crippen molar-refractivity contribution in [2.24, 2.45) is 29.6 Å². The van der Waals surface area contributed by atoms with E-state index in [0.29, 0.717) is 22.4 Å². The first-order valence-corrected chi connectivity index (χ1v) is 10.1. The minimum Gasteiger partial charge on any atom is -0.465 e. The third-order valence-electron chi connectivity index (χ3n) is 6.15. The number of hydrogen-bond donors (Lipinski definition) is 1. The topological polar surface area (TPSA) is 81.7 Å². The number of hydrogen-bond acceptors (Lipinski definition) is 6. The number of carbonyl (C=O) groups excluding carboxylic acids is 3. The van der Waals surface area contributed by atoms with E-state index in [9.17, 15) is 14.4 Å². The number of rotatable bonds is 5. The van der Waals surface area contributed by atoms with Crippen LogP contribution in [0.15, 0.2) is 11.4 Å². The van der Waals surface area contributed by atoms with Crippen molar-refractivity contribution in [1.29, 1.82) is 0 Å². The minimum absolute atomic E-state index is 0.0395. The molecular formula is C19H23NO5S. The Morgan fingerprint density at radius 1 is 1.12 bits per heavy atom. The Morgan fingerprint density at radius 2 is 1.77 bits per heavy atom. The molecule has 4 bridgehead atoms. The van der Waals surface area contributed by atoms with Gasteiger partial charge in [0.2, 0.25) is 0 Å². The summed E-state index contributed by atoms with van der Waals surface area (Å²) in [6.45, 7) is -0.321. The minimum atomic E-state index is -0.499. The molecule has 1 aromatic heterocycles. The summed E-state index contributed by atoms with van der Waals surface area (Å²) in [4.78, 5) is 36.7. The van der Waals surface area contributed by atoms with E-state index >= 15 is 0 Å². The van der Waals surface area contributed by atoms with Crippen LogP contribution in [0.4, 0.5) is 5.69 Å². The SMILES string of the molecule is COC(=O)c1sccc1NC(=O)COC(=O)C1C2CC3CC(C2)CC1C3. The predicted octanol–water partition coefficient (Wildman–Crippen LogP) is 3.09. The van der Waals surface area contributed by atoms with E-state index in [4.69, 9.17) is 4.74 Å². The highest BCUT2D eigenvalue weighted by Gasteiger charge is 2.51. The molecule has 4 fully saturated rings. The fraction of sp³-hybridized carbons (Fsp3) is 0.632. The molecule has 0 aromatic carbocycles. The third-order valence-corrected chi connectivity index (χ3v) is 7.05. The summed E-state index contributed by atoms with van der Waals surface area (Å²) in [6.07, 6.45) is 5.87. The summed E-state index contributed by atoms with van der Waals surface area (Å²) < 4.78 is 10.0. The van der Waals surface area contributed by atoms with Crippen LogP contribution in [-0.2, 0) is 19.1 Å². The van der Waals surface area contributed by atoms with Gasteiger partial charge in [-0.15, -0.1) is 11.3 Å². The number of anilines is 1. The molecule has 4 saturated carbocycles. The van der Waals surface area contributed by atoms with Crippen molar-refractivity contribution in [3.63, 3.8) is 0 Å². The van der Waals surface area contributed by atoms with Gasteiger partial charge in [-0.05, 0) is 67.2 Å². The summed E-state index contributed by atoms with van der Waals surface area (Å²) in [7, 11) is 1.29. The van der Waals surface area contributed by atoms with E-state index in [1.807, 2.05) is 0 Å². The molecule has 1 aromatic rings. The first-order chi connectivity index (χ1) is 12.5. The van der Waals surface area contributed by atoms with Crippen molar-refractivity contribution < 1.29 is 23.9 Å². The van der Waals surface area contributed by atoms with Crippen LogP contribution in [0.1, 0.15) is 41.8 Å². The van der Waals surface area contributed by atoms with E-state index < -0.39 is 11.9 Å². The Morgan fingerprint density at radius 3 is 2.38 bits per heavy atom. The van der Waals surface area contributed by atoms with Crippen molar-refractivity contribution in [2.45, 2.75) is 32.1 Å². The highest BCUT2D eigenvalue weighted by molar-refractivity contribution is 7.12. The molecule has 1 N–H and O–H groups in total. The largest absolute Gasteiger partial charge is 0.465 e. The average molecular weight is 377 g/mol. The fourth-order valence-corrected chi connectivity index (χ4v) is 6.15. The van der Waals surface area contributed by atoms with Crippen LogP contribution in [0.2, 0.25) is 0 Å². The van der Waals surface area contributed by atoms with Crippen LogP contribution in [0.25, 0.3) is 0 Å². The Bertz CT molecular complexity index is 699. The molecule has 0 radical (unpaired) electrons. The van der Waals surface area contributed by atoms with Crippen LogP contribution in [-0.4, -0.2) is 31.6 Å². The van der Waals surface area contributed by atoms with E-state index in [2.05, 4.69) is 10.1 Å². The van der Waals surface area contributed by atoms with Gasteiger partial charge in [0.1, 0.15) is 4.88 Å². The highest BCUT2D eigenvalue weighted by Crippen LogP contribution is 2.56. The number of thiophene rings is 1. The first kappa shape index (κ1) is 17.5. The number of carbonyl (C=O) groups is 3. The number of nitrogens with one attached hydrogen (secondary N) is 1. The molecule has 6 nitrogen and oxygen atoms in total. The molecule has 140 valence electrons. The van der Waals surface area contributed by atoms with Crippen LogP contribution >= 0.6 is 11.3 Å². The van der Waals surface area contributed by atoms with Crippen LogP contribution in [0.5, 0.6) is 0 Å². The maximum atomic E-state index is 12.6. The second-order valence-electron chi connectivity index (χ2n) is 7.77. The van der Waals surface area contributed by atoms with E-state index in [0.717, 1.165) is 37.5 Å². The van der Waals surface area contributed by atoms with Crippen LogP contribution < -0.4 is 5.32 Å². The Balaban J connectivity index is 1.32. The lowest BCUT2D eigenvalue weighted by Gasteiger charge is -2.53. The van der Waals surface area contributed by atoms with E-state index in [1.165, 1.54) is 24.9 Å². The molecule has 0 unspecified atom stereocenters. The molecule has 0 atom stereocenters. The molecule has 1 amide bonds. The predicted molar refractivity (Wildman–Crippen MR) is 95.8 cm³/mol. The zero-order chi connectivity index (χ0) is 18.3. The molecule has 4 aliphatic carbocycles. The Labute approximate surface area is 156 Å². The number of amides is 1. The fourth-order valence-electron chi connectivity index (χ4n) is 5.39. The molecule has 5 rings (SSSR count). The van der Waals surface area contributed by atoms with Gasteiger partial charge in [-0.2, -0.15) is 0 Å². The lowest BCUT2D eigenvalue weighted by molar-refractivity contribution is -0.164. The second-order valence-corrected chi connectivity index (χ2v) is 8.68. The zero-order valence-corrected chi connectivity index (χ0v) is 15.6. The van der Waals surface area contributed by atoms with Gasteiger partial charge in [0, 0.05) is 0 Å². The van der Waals surface area contributed by atoms with Gasteiger partial charge >= 0.3 is 11.9 Å². The number of esters is 2. The molecule has 0 saturated heterocycles. The molecule has 0 aliphatic heterocycles. The summed E-state index contributed by atoms with van der Waals surface area (Å²) in [6, 6.07) is 1.63. The average Bonchev–Trinajstić information content (AvgIpc) is 3.06. The van der Waals surface area contributed by atoms with Gasteiger partial charge < -0.3 is 14.8 Å². The summed E-state index contributed by atoms with van der Waals surface area (Å²) in [5.74, 6) is 1.25. The standard InChI is InChI=1S/C19H23NO5S/c1-24-19(23)17-14(2-3-26-17)20-15(21)9-25-18(22)16-12-5-10-4-11(7-12)8-13(16)6-10/h2-3,10-13,16H,4-9H2,1H3,(H,20,21). The second kappa shape index (κ2) is 7.02. The van der Waals surface area contributed by atoms with Crippen molar-refractivity contribution in [3.05, 3.63) is 16.3 Å². The maximum absolute atomic E-state index is 12.6. The molecule has 1 heterocycles. The zero-order valence-electron chi connectivity index (χ0n) is 14.7. The third kappa shape index (κ3) is 3.24. The smallest absolute Gasteiger partial charge is 0.350 e. The molecular weight excluding hydrogens is 354 g/mol. The number of methoxy groups -OCH3 is 1. The Hall–Kier alpha value is -1.89. The first-order valence-electron chi connectivity index (χ1n) is 9.17. The lowest BCUT2D eigenvalue weighted by atomic mass is 9.52. The van der Waals surface area contributed by atoms with Crippen LogP contribution in [0, 0.1) is 29.6 Å². The van der Waals surface area contributed by atoms with Gasteiger partial charge in [-0.1, -0.05) is 0 Å². The molecule has 0 spiro atoms. The molecule has 4 aliphatic rings. The highest BCUT2D eigenvalue weighted by atomic mass is 32.1. The van der Waals surface area contributed by atoms with Crippen molar-refractivity contribution in [2.75, 3.05) is 19.0 Å². The van der Waals surface area contributed by atoms with Crippen molar-refractivity contribution in [1.82, 2.24) is 0 Å². The molecule has 26 heavy (non-hydrogen) atoms. The van der Waals surface area contributed by atoms with Gasteiger partial charge in [0.25, 0.3) is 5.91 Å². The summed E-state index contributed by atoms with van der Waals surface area (Å²) in [5, 5.41) is 4.32. The van der Waals surface area contributed by atoms with Gasteiger partial charge in [0.15, 0.2) is 6.61 Å². The van der Waals surface area contributed by atoms with Gasteiger partial charge in [-0.25, -0.2) is 4.79 Å².